The minimum atomic E-state index is -0.975. The zero-order valence-electron chi connectivity index (χ0n) is 16.5. The highest BCUT2D eigenvalue weighted by Crippen LogP contribution is 2.36. The Kier molecular flexibility index (Phi) is 7.33. The van der Waals surface area contributed by atoms with E-state index in [9.17, 15) is 9.90 Å². The third-order valence-corrected chi connectivity index (χ3v) is 5.26. The van der Waals surface area contributed by atoms with Gasteiger partial charge in [0.1, 0.15) is 11.4 Å². The molecule has 0 aliphatic heterocycles. The molecule has 5 heteroatoms. The summed E-state index contributed by atoms with van der Waals surface area (Å²) < 4.78 is 10.8. The van der Waals surface area contributed by atoms with Crippen LogP contribution in [0.2, 0.25) is 0 Å². The number of hydrogen-bond donors (Lipinski definition) is 1. The topological polar surface area (TPSA) is 55.8 Å². The number of ether oxygens (including phenoxy) is 2. The lowest BCUT2D eigenvalue weighted by molar-refractivity contribution is -0.164. The maximum Gasteiger partial charge on any atom is 0.313 e. The van der Waals surface area contributed by atoms with E-state index in [0.717, 1.165) is 4.90 Å². The molecule has 2 aromatic carbocycles. The minimum Gasteiger partial charge on any atom is -0.497 e. The molecule has 0 heterocycles. The SMILES string of the molecule is COc1ccc([C@@H](O)[C@@H](C(=O)OC(C)(C)C)[C@@H](C)Sc2ccccc2)cc1. The quantitative estimate of drug-likeness (QED) is 0.542. The van der Waals surface area contributed by atoms with E-state index in [2.05, 4.69) is 0 Å². The molecule has 27 heavy (non-hydrogen) atoms. The molecular weight excluding hydrogens is 360 g/mol. The van der Waals surface area contributed by atoms with Crippen LogP contribution in [0.3, 0.4) is 0 Å². The fourth-order valence-corrected chi connectivity index (χ4v) is 3.89. The molecule has 0 radical (unpaired) electrons. The zero-order valence-corrected chi connectivity index (χ0v) is 17.3. The van der Waals surface area contributed by atoms with Gasteiger partial charge in [-0.2, -0.15) is 0 Å². The van der Waals surface area contributed by atoms with E-state index in [1.807, 2.05) is 58.0 Å². The van der Waals surface area contributed by atoms with Crippen molar-refractivity contribution in [3.05, 3.63) is 60.2 Å². The smallest absolute Gasteiger partial charge is 0.313 e. The van der Waals surface area contributed by atoms with Crippen molar-refractivity contribution >= 4 is 17.7 Å². The molecule has 0 spiro atoms. The molecule has 2 rings (SSSR count). The van der Waals surface area contributed by atoms with Crippen molar-refractivity contribution in [1.29, 1.82) is 0 Å². The molecule has 0 saturated carbocycles. The summed E-state index contributed by atoms with van der Waals surface area (Å²) in [6.07, 6.45) is -0.975. The van der Waals surface area contributed by atoms with E-state index in [0.29, 0.717) is 11.3 Å². The predicted octanol–water partition coefficient (Wildman–Crippen LogP) is 4.87. The first-order valence-electron chi connectivity index (χ1n) is 8.98. The summed E-state index contributed by atoms with van der Waals surface area (Å²) in [6.45, 7) is 7.43. The van der Waals surface area contributed by atoms with Crippen molar-refractivity contribution in [3.8, 4) is 5.75 Å². The van der Waals surface area contributed by atoms with Gasteiger partial charge in [0.15, 0.2) is 0 Å². The molecule has 0 bridgehead atoms. The summed E-state index contributed by atoms with van der Waals surface area (Å²) in [5, 5.41) is 10.8. The van der Waals surface area contributed by atoms with Gasteiger partial charge < -0.3 is 14.6 Å². The Morgan fingerprint density at radius 3 is 2.15 bits per heavy atom. The average Bonchev–Trinajstić information content (AvgIpc) is 2.61. The van der Waals surface area contributed by atoms with Crippen molar-refractivity contribution in [2.45, 2.75) is 49.5 Å². The molecule has 0 unspecified atom stereocenters. The summed E-state index contributed by atoms with van der Waals surface area (Å²) in [7, 11) is 1.59. The standard InChI is InChI=1S/C22H28O4S/c1-15(27-18-9-7-6-8-10-18)19(21(24)26-22(2,3)4)20(23)16-11-13-17(25-5)14-12-16/h6-15,19-20,23H,1-5H3/t15-,19+,20-/m1/s1. The van der Waals surface area contributed by atoms with Gasteiger partial charge in [-0.05, 0) is 50.6 Å². The summed E-state index contributed by atoms with van der Waals surface area (Å²) in [4.78, 5) is 14.0. The fourth-order valence-electron chi connectivity index (χ4n) is 2.74. The number of carbonyl (C=O) groups is 1. The first-order chi connectivity index (χ1) is 12.7. The Balaban J connectivity index is 2.28. The number of carbonyl (C=O) groups excluding carboxylic acids is 1. The molecule has 0 fully saturated rings. The number of hydrogen-bond acceptors (Lipinski definition) is 5. The lowest BCUT2D eigenvalue weighted by atomic mass is 9.92. The van der Waals surface area contributed by atoms with Crippen LogP contribution in [0.1, 0.15) is 39.4 Å². The number of rotatable bonds is 7. The van der Waals surface area contributed by atoms with Crippen LogP contribution in [0, 0.1) is 5.92 Å². The highest BCUT2D eigenvalue weighted by atomic mass is 32.2. The first-order valence-corrected chi connectivity index (χ1v) is 9.86. The third kappa shape index (κ3) is 6.29. The van der Waals surface area contributed by atoms with E-state index in [1.54, 1.807) is 43.1 Å². The molecule has 146 valence electrons. The normalized spacial score (nSPS) is 14.9. The molecule has 0 amide bonds. The van der Waals surface area contributed by atoms with Gasteiger partial charge >= 0.3 is 5.97 Å². The van der Waals surface area contributed by atoms with Gasteiger partial charge in [0.25, 0.3) is 0 Å². The fraction of sp³-hybridized carbons (Fsp3) is 0.409. The largest absolute Gasteiger partial charge is 0.497 e. The second kappa shape index (κ2) is 9.29. The Morgan fingerprint density at radius 1 is 1.04 bits per heavy atom. The molecule has 4 nitrogen and oxygen atoms in total. The number of aliphatic hydroxyl groups is 1. The average molecular weight is 389 g/mol. The van der Waals surface area contributed by atoms with Gasteiger partial charge in [-0.15, -0.1) is 11.8 Å². The number of thioether (sulfide) groups is 1. The molecule has 3 atom stereocenters. The summed E-state index contributed by atoms with van der Waals surface area (Å²) in [5.74, 6) is -0.406. The Morgan fingerprint density at radius 2 is 1.63 bits per heavy atom. The number of benzene rings is 2. The predicted molar refractivity (Wildman–Crippen MR) is 109 cm³/mol. The zero-order chi connectivity index (χ0) is 20.0. The number of aliphatic hydroxyl groups excluding tert-OH is 1. The van der Waals surface area contributed by atoms with E-state index < -0.39 is 23.6 Å². The summed E-state index contributed by atoms with van der Waals surface area (Å²) in [6, 6.07) is 17.0. The maximum atomic E-state index is 12.9. The summed E-state index contributed by atoms with van der Waals surface area (Å²) >= 11 is 1.55. The second-order valence-corrected chi connectivity index (χ2v) is 8.86. The van der Waals surface area contributed by atoms with Crippen molar-refractivity contribution < 1.29 is 19.4 Å². The van der Waals surface area contributed by atoms with Crippen molar-refractivity contribution in [2.75, 3.05) is 7.11 Å². The van der Waals surface area contributed by atoms with Crippen molar-refractivity contribution in [1.82, 2.24) is 0 Å². The molecule has 1 N–H and O–H groups in total. The van der Waals surface area contributed by atoms with Gasteiger partial charge in [-0.3, -0.25) is 4.79 Å². The highest BCUT2D eigenvalue weighted by Gasteiger charge is 2.37. The van der Waals surface area contributed by atoms with E-state index >= 15 is 0 Å². The van der Waals surface area contributed by atoms with Crippen LogP contribution in [0.5, 0.6) is 5.75 Å². The third-order valence-electron chi connectivity index (χ3n) is 4.05. The van der Waals surface area contributed by atoms with Gasteiger partial charge in [-0.25, -0.2) is 0 Å². The summed E-state index contributed by atoms with van der Waals surface area (Å²) in [5.41, 5.74) is 0.0405. The van der Waals surface area contributed by atoms with Crippen molar-refractivity contribution in [3.63, 3.8) is 0 Å². The van der Waals surface area contributed by atoms with E-state index in [-0.39, 0.29) is 5.25 Å². The monoisotopic (exact) mass is 388 g/mol. The molecule has 0 aliphatic rings. The van der Waals surface area contributed by atoms with Gasteiger partial charge in [0.2, 0.25) is 0 Å². The molecule has 0 saturated heterocycles. The second-order valence-electron chi connectivity index (χ2n) is 7.41. The van der Waals surface area contributed by atoms with Gasteiger partial charge in [0.05, 0.1) is 19.1 Å². The molecule has 2 aromatic rings. The lowest BCUT2D eigenvalue weighted by Crippen LogP contribution is -2.36. The maximum absolute atomic E-state index is 12.9. The van der Waals surface area contributed by atoms with Crippen LogP contribution in [0.15, 0.2) is 59.5 Å². The van der Waals surface area contributed by atoms with E-state index in [1.165, 1.54) is 0 Å². The van der Waals surface area contributed by atoms with Gasteiger partial charge in [0, 0.05) is 10.1 Å². The van der Waals surface area contributed by atoms with Crippen LogP contribution in [-0.2, 0) is 9.53 Å². The number of methoxy groups -OCH3 is 1. The minimum absolute atomic E-state index is 0.181. The van der Waals surface area contributed by atoms with E-state index in [4.69, 9.17) is 9.47 Å². The molecule has 0 aromatic heterocycles. The Bertz CT molecular complexity index is 722. The number of esters is 1. The Hall–Kier alpha value is -1.98. The van der Waals surface area contributed by atoms with Gasteiger partial charge in [-0.1, -0.05) is 37.3 Å². The van der Waals surface area contributed by atoms with Crippen LogP contribution in [0.4, 0.5) is 0 Å². The molecular formula is C22H28O4S. The van der Waals surface area contributed by atoms with Crippen LogP contribution in [-0.4, -0.2) is 29.0 Å². The van der Waals surface area contributed by atoms with Crippen LogP contribution in [0.25, 0.3) is 0 Å². The van der Waals surface area contributed by atoms with Crippen LogP contribution < -0.4 is 4.74 Å². The van der Waals surface area contributed by atoms with Crippen LogP contribution >= 0.6 is 11.8 Å². The lowest BCUT2D eigenvalue weighted by Gasteiger charge is -2.30. The molecule has 0 aliphatic carbocycles. The first kappa shape index (κ1) is 21.3. The van der Waals surface area contributed by atoms with Crippen molar-refractivity contribution in [2.24, 2.45) is 5.92 Å². The highest BCUT2D eigenvalue weighted by molar-refractivity contribution is 8.00. The Labute approximate surface area is 165 Å².